The Labute approximate surface area is 85.5 Å². The Kier molecular flexibility index (Phi) is 3.90. The van der Waals surface area contributed by atoms with E-state index >= 15 is 0 Å². The van der Waals surface area contributed by atoms with E-state index in [1.54, 1.807) is 0 Å². The first-order valence-corrected chi connectivity index (χ1v) is 4.52. The molecule has 0 nitrogen and oxygen atoms in total. The normalized spacial score (nSPS) is 9.43. The minimum atomic E-state index is -0.978. The van der Waals surface area contributed by atoms with Gasteiger partial charge in [-0.05, 0) is 0 Å². The summed E-state index contributed by atoms with van der Waals surface area (Å²) in [6.07, 6.45) is 0.430. The molecular formula is C10H7F3S. The van der Waals surface area contributed by atoms with E-state index in [0.29, 0.717) is 24.3 Å². The summed E-state index contributed by atoms with van der Waals surface area (Å²) in [5.41, 5.74) is -0.395. The molecule has 1 aromatic carbocycles. The van der Waals surface area contributed by atoms with Gasteiger partial charge in [0.25, 0.3) is 0 Å². The van der Waals surface area contributed by atoms with Crippen LogP contribution in [-0.2, 0) is 0 Å². The highest BCUT2D eigenvalue weighted by Gasteiger charge is 2.08. The van der Waals surface area contributed by atoms with Gasteiger partial charge in [-0.25, -0.2) is 13.2 Å². The summed E-state index contributed by atoms with van der Waals surface area (Å²) in [4.78, 5) is 0. The lowest BCUT2D eigenvalue weighted by molar-refractivity contribution is 0.539. The fraction of sp³-hybridized carbons (Fsp3) is 0.200. The van der Waals surface area contributed by atoms with Crippen molar-refractivity contribution in [2.24, 2.45) is 0 Å². The van der Waals surface area contributed by atoms with Crippen molar-refractivity contribution in [2.75, 3.05) is 5.75 Å². The molecule has 0 amide bonds. The molecule has 0 aromatic heterocycles. The third-order valence-electron chi connectivity index (χ3n) is 1.46. The fourth-order valence-electron chi connectivity index (χ4n) is 0.868. The van der Waals surface area contributed by atoms with Gasteiger partial charge in [-0.1, -0.05) is 11.8 Å². The zero-order valence-corrected chi connectivity index (χ0v) is 8.04. The van der Waals surface area contributed by atoms with Gasteiger partial charge in [0.2, 0.25) is 0 Å². The maximum absolute atomic E-state index is 12.9. The van der Waals surface area contributed by atoms with E-state index < -0.39 is 23.0 Å². The molecule has 0 aliphatic carbocycles. The molecule has 0 saturated carbocycles. The van der Waals surface area contributed by atoms with Crippen molar-refractivity contribution in [3.63, 3.8) is 0 Å². The average Bonchev–Trinajstić information content (AvgIpc) is 2.09. The maximum Gasteiger partial charge on any atom is 0.144 e. The first kappa shape index (κ1) is 11.0. The number of halogens is 3. The zero-order chi connectivity index (χ0) is 10.6. The van der Waals surface area contributed by atoms with Gasteiger partial charge in [-0.3, -0.25) is 0 Å². The molecule has 0 heterocycles. The summed E-state index contributed by atoms with van der Waals surface area (Å²) in [5, 5.41) is 0. The van der Waals surface area contributed by atoms with E-state index in [1.807, 2.05) is 0 Å². The summed E-state index contributed by atoms with van der Waals surface area (Å²) in [5.74, 6) is 2.43. The van der Waals surface area contributed by atoms with Crippen molar-refractivity contribution in [1.29, 1.82) is 0 Å². The zero-order valence-electron chi connectivity index (χ0n) is 7.15. The van der Waals surface area contributed by atoms with Crippen LogP contribution in [0.15, 0.2) is 12.1 Å². The Morgan fingerprint density at radius 1 is 1.14 bits per heavy atom. The summed E-state index contributed by atoms with van der Waals surface area (Å²) >= 11 is 3.89. The van der Waals surface area contributed by atoms with Gasteiger partial charge in [0.05, 0.1) is 5.56 Å². The molecule has 0 spiro atoms. The van der Waals surface area contributed by atoms with Gasteiger partial charge in [-0.2, -0.15) is 12.6 Å². The Hall–Kier alpha value is -1.08. The van der Waals surface area contributed by atoms with E-state index in [2.05, 4.69) is 24.5 Å². The Balaban J connectivity index is 3.04. The lowest BCUT2D eigenvalue weighted by atomic mass is 10.2. The minimum Gasteiger partial charge on any atom is -0.207 e. The molecule has 0 aliphatic heterocycles. The lowest BCUT2D eigenvalue weighted by Crippen LogP contribution is -1.92. The van der Waals surface area contributed by atoms with Crippen LogP contribution in [-0.4, -0.2) is 5.75 Å². The second kappa shape index (κ2) is 4.97. The highest BCUT2D eigenvalue weighted by molar-refractivity contribution is 7.80. The number of thiol groups is 1. The molecule has 1 aromatic rings. The number of rotatable bonds is 1. The Morgan fingerprint density at radius 3 is 2.21 bits per heavy atom. The highest BCUT2D eigenvalue weighted by Crippen LogP contribution is 2.13. The highest BCUT2D eigenvalue weighted by atomic mass is 32.1. The number of hydrogen-bond acceptors (Lipinski definition) is 1. The molecule has 0 saturated heterocycles. The monoisotopic (exact) mass is 216 g/mol. The quantitative estimate of drug-likeness (QED) is 0.541. The smallest absolute Gasteiger partial charge is 0.144 e. The SMILES string of the molecule is Fc1cc(F)c(C#CCCS)c(F)c1. The van der Waals surface area contributed by atoms with Crippen LogP contribution >= 0.6 is 12.6 Å². The van der Waals surface area contributed by atoms with Crippen LogP contribution in [0.4, 0.5) is 13.2 Å². The summed E-state index contributed by atoms with van der Waals surface area (Å²) in [6.45, 7) is 0. The average molecular weight is 216 g/mol. The lowest BCUT2D eigenvalue weighted by Gasteiger charge is -1.96. The van der Waals surface area contributed by atoms with Crippen molar-refractivity contribution in [1.82, 2.24) is 0 Å². The third kappa shape index (κ3) is 2.71. The third-order valence-corrected chi connectivity index (χ3v) is 1.68. The topological polar surface area (TPSA) is 0 Å². The van der Waals surface area contributed by atoms with Crippen LogP contribution < -0.4 is 0 Å². The molecule has 0 aliphatic rings. The van der Waals surface area contributed by atoms with Gasteiger partial charge >= 0.3 is 0 Å². The van der Waals surface area contributed by atoms with Crippen molar-refractivity contribution < 1.29 is 13.2 Å². The standard InChI is InChI=1S/C10H7F3S/c11-7-5-9(12)8(10(13)6-7)3-1-2-4-14/h5-6,14H,2,4H2. The Bertz CT molecular complexity index is 367. The summed E-state index contributed by atoms with van der Waals surface area (Å²) in [6, 6.07) is 1.21. The molecule has 0 unspecified atom stereocenters. The van der Waals surface area contributed by atoms with Crippen LogP contribution in [0.25, 0.3) is 0 Å². The van der Waals surface area contributed by atoms with Crippen molar-refractivity contribution in [3.05, 3.63) is 35.1 Å². The Morgan fingerprint density at radius 2 is 1.71 bits per heavy atom. The molecule has 0 N–H and O–H groups in total. The van der Waals surface area contributed by atoms with Crippen molar-refractivity contribution in [2.45, 2.75) is 6.42 Å². The largest absolute Gasteiger partial charge is 0.207 e. The molecular weight excluding hydrogens is 209 g/mol. The van der Waals surface area contributed by atoms with Gasteiger partial charge in [0, 0.05) is 24.3 Å². The summed E-state index contributed by atoms with van der Waals surface area (Å²) in [7, 11) is 0. The molecule has 14 heavy (non-hydrogen) atoms. The first-order valence-electron chi connectivity index (χ1n) is 3.89. The van der Waals surface area contributed by atoms with E-state index in [4.69, 9.17) is 0 Å². The summed E-state index contributed by atoms with van der Waals surface area (Å²) < 4.78 is 38.3. The fourth-order valence-corrected chi connectivity index (χ4v) is 0.980. The minimum absolute atomic E-state index is 0.395. The van der Waals surface area contributed by atoms with Crippen molar-refractivity contribution in [3.8, 4) is 11.8 Å². The van der Waals surface area contributed by atoms with Crippen LogP contribution in [0.2, 0.25) is 0 Å². The van der Waals surface area contributed by atoms with Gasteiger partial charge in [-0.15, -0.1) is 0 Å². The maximum atomic E-state index is 12.9. The molecule has 4 heteroatoms. The van der Waals surface area contributed by atoms with Gasteiger partial charge in [0.1, 0.15) is 17.5 Å². The first-order chi connectivity index (χ1) is 6.65. The number of benzene rings is 1. The molecule has 74 valence electrons. The second-order valence-electron chi connectivity index (χ2n) is 2.52. The van der Waals surface area contributed by atoms with Crippen LogP contribution in [0.3, 0.4) is 0 Å². The van der Waals surface area contributed by atoms with Crippen LogP contribution in [0.5, 0.6) is 0 Å². The van der Waals surface area contributed by atoms with E-state index in [-0.39, 0.29) is 0 Å². The molecule has 1 rings (SSSR count). The van der Waals surface area contributed by atoms with Crippen molar-refractivity contribution >= 4 is 12.6 Å². The van der Waals surface area contributed by atoms with E-state index in [1.165, 1.54) is 0 Å². The molecule has 0 atom stereocenters. The predicted octanol–water partition coefficient (Wildman–Crippen LogP) is 2.78. The van der Waals surface area contributed by atoms with Crippen LogP contribution in [0.1, 0.15) is 12.0 Å². The van der Waals surface area contributed by atoms with Gasteiger partial charge in [0.15, 0.2) is 0 Å². The predicted molar refractivity (Wildman–Crippen MR) is 51.7 cm³/mol. The second-order valence-corrected chi connectivity index (χ2v) is 2.97. The molecule has 0 fully saturated rings. The van der Waals surface area contributed by atoms with E-state index in [0.717, 1.165) is 0 Å². The molecule has 0 bridgehead atoms. The van der Waals surface area contributed by atoms with Gasteiger partial charge < -0.3 is 0 Å². The number of hydrogen-bond donors (Lipinski definition) is 1. The van der Waals surface area contributed by atoms with Crippen LogP contribution in [0, 0.1) is 29.3 Å². The molecule has 0 radical (unpaired) electrons. The van der Waals surface area contributed by atoms with E-state index in [9.17, 15) is 13.2 Å².